The number of methoxy groups -OCH3 is 2. The lowest BCUT2D eigenvalue weighted by molar-refractivity contribution is -0.137. The SMILES string of the molecule is CCOC(=O)c1ccccc1C1CCC(N2CC[C@@H](NC(=O)N3C(=O)NC(COC)=C(C(=O)OC)[C@@H]3c3ccc(F)c(F)c3)C2)CC1.Cl. The van der Waals surface area contributed by atoms with Gasteiger partial charge in [0.1, 0.15) is 6.04 Å². The number of carbonyl (C=O) groups excluding carboxylic acids is 4. The number of hydrogen-bond donors (Lipinski definition) is 2. The van der Waals surface area contributed by atoms with E-state index in [1.807, 2.05) is 24.3 Å². The number of ether oxygens (including phenoxy) is 3. The molecular formula is C34H41ClF2N4O7. The first-order valence-electron chi connectivity index (χ1n) is 15.8. The maximum atomic E-state index is 14.4. The highest BCUT2D eigenvalue weighted by atomic mass is 35.5. The average Bonchev–Trinajstić information content (AvgIpc) is 3.54. The summed E-state index contributed by atoms with van der Waals surface area (Å²) in [5.41, 5.74) is 1.56. The van der Waals surface area contributed by atoms with Gasteiger partial charge < -0.3 is 24.8 Å². The summed E-state index contributed by atoms with van der Waals surface area (Å²) in [6, 6.07) is 7.50. The Bertz CT molecular complexity index is 1550. The van der Waals surface area contributed by atoms with Gasteiger partial charge in [0.25, 0.3) is 0 Å². The Morgan fingerprint density at radius 3 is 2.38 bits per heavy atom. The summed E-state index contributed by atoms with van der Waals surface area (Å²) in [6.07, 6.45) is 4.29. The van der Waals surface area contributed by atoms with E-state index in [9.17, 15) is 28.0 Å². The molecule has 2 aromatic carbocycles. The number of nitrogens with zero attached hydrogens (tertiary/aromatic N) is 2. The fourth-order valence-corrected chi connectivity index (χ4v) is 6.96. The average molecular weight is 691 g/mol. The summed E-state index contributed by atoms with van der Waals surface area (Å²) in [4.78, 5) is 55.7. The molecule has 0 bridgehead atoms. The van der Waals surface area contributed by atoms with Crippen molar-refractivity contribution < 1.29 is 42.2 Å². The van der Waals surface area contributed by atoms with Crippen LogP contribution >= 0.6 is 12.4 Å². The van der Waals surface area contributed by atoms with Gasteiger partial charge in [-0.05, 0) is 74.3 Å². The van der Waals surface area contributed by atoms with Crippen molar-refractivity contribution in [3.63, 3.8) is 0 Å². The van der Waals surface area contributed by atoms with E-state index in [1.54, 1.807) is 6.92 Å². The van der Waals surface area contributed by atoms with E-state index < -0.39 is 35.7 Å². The number of carbonyl (C=O) groups is 4. The number of imide groups is 1. The van der Waals surface area contributed by atoms with Crippen molar-refractivity contribution >= 4 is 36.4 Å². The summed E-state index contributed by atoms with van der Waals surface area (Å²) < 4.78 is 43.6. The van der Waals surface area contributed by atoms with E-state index in [0.717, 1.165) is 61.9 Å². The Labute approximate surface area is 284 Å². The van der Waals surface area contributed by atoms with Crippen LogP contribution in [0.2, 0.25) is 0 Å². The normalized spacial score (nSPS) is 22.9. The summed E-state index contributed by atoms with van der Waals surface area (Å²) in [7, 11) is 2.50. The fourth-order valence-electron chi connectivity index (χ4n) is 6.96. The summed E-state index contributed by atoms with van der Waals surface area (Å²) in [5.74, 6) is -3.24. The molecule has 2 aromatic rings. The van der Waals surface area contributed by atoms with Gasteiger partial charge in [-0.25, -0.2) is 32.9 Å². The third-order valence-electron chi connectivity index (χ3n) is 9.16. The predicted octanol–water partition coefficient (Wildman–Crippen LogP) is 5.21. The van der Waals surface area contributed by atoms with E-state index in [0.29, 0.717) is 31.2 Å². The minimum Gasteiger partial charge on any atom is -0.466 e. The molecule has 48 heavy (non-hydrogen) atoms. The number of urea groups is 2. The van der Waals surface area contributed by atoms with Crippen LogP contribution in [-0.2, 0) is 19.0 Å². The third kappa shape index (κ3) is 7.79. The first kappa shape index (κ1) is 36.8. The Morgan fingerprint density at radius 1 is 0.979 bits per heavy atom. The highest BCUT2D eigenvalue weighted by Crippen LogP contribution is 2.38. The van der Waals surface area contributed by atoms with E-state index in [1.165, 1.54) is 13.2 Å². The maximum absolute atomic E-state index is 14.4. The molecule has 14 heteroatoms. The van der Waals surface area contributed by atoms with E-state index in [2.05, 4.69) is 15.5 Å². The quantitative estimate of drug-likeness (QED) is 0.344. The predicted molar refractivity (Wildman–Crippen MR) is 174 cm³/mol. The van der Waals surface area contributed by atoms with Gasteiger partial charge >= 0.3 is 24.0 Å². The highest BCUT2D eigenvalue weighted by molar-refractivity contribution is 6.02. The van der Waals surface area contributed by atoms with Crippen LogP contribution in [0.4, 0.5) is 18.4 Å². The maximum Gasteiger partial charge on any atom is 0.338 e. The zero-order valence-electron chi connectivity index (χ0n) is 27.1. The van der Waals surface area contributed by atoms with Gasteiger partial charge in [-0.2, -0.15) is 0 Å². The molecular weight excluding hydrogens is 650 g/mol. The first-order valence-corrected chi connectivity index (χ1v) is 15.8. The van der Waals surface area contributed by atoms with Crippen molar-refractivity contribution in [2.45, 2.75) is 63.1 Å². The van der Waals surface area contributed by atoms with Gasteiger partial charge in [0.05, 0.1) is 37.2 Å². The molecule has 5 rings (SSSR count). The van der Waals surface area contributed by atoms with Crippen LogP contribution < -0.4 is 10.6 Å². The van der Waals surface area contributed by atoms with Crippen molar-refractivity contribution in [1.82, 2.24) is 20.4 Å². The van der Waals surface area contributed by atoms with Crippen molar-refractivity contribution in [1.29, 1.82) is 0 Å². The molecule has 260 valence electrons. The van der Waals surface area contributed by atoms with Crippen LogP contribution in [0.25, 0.3) is 0 Å². The summed E-state index contributed by atoms with van der Waals surface area (Å²) in [5, 5.41) is 5.46. The Morgan fingerprint density at radius 2 is 1.71 bits per heavy atom. The number of hydrogen-bond acceptors (Lipinski definition) is 8. The molecule has 4 amide bonds. The Hall–Kier alpha value is -4.07. The fraction of sp³-hybridized carbons (Fsp3) is 0.471. The summed E-state index contributed by atoms with van der Waals surface area (Å²) in [6.45, 7) is 3.21. The van der Waals surface area contributed by atoms with Crippen LogP contribution in [-0.4, -0.2) is 86.4 Å². The van der Waals surface area contributed by atoms with Crippen LogP contribution in [0.15, 0.2) is 53.7 Å². The van der Waals surface area contributed by atoms with Crippen LogP contribution in [0, 0.1) is 11.6 Å². The van der Waals surface area contributed by atoms with Crippen molar-refractivity contribution in [2.75, 3.05) is 40.5 Å². The smallest absolute Gasteiger partial charge is 0.338 e. The molecule has 2 aliphatic heterocycles. The first-order chi connectivity index (χ1) is 22.7. The zero-order chi connectivity index (χ0) is 33.7. The Balaban J connectivity index is 0.00000520. The number of halogens is 3. The molecule has 1 aliphatic carbocycles. The number of benzene rings is 2. The van der Waals surface area contributed by atoms with Gasteiger partial charge in [0, 0.05) is 32.3 Å². The molecule has 3 aliphatic rings. The molecule has 2 fully saturated rings. The highest BCUT2D eigenvalue weighted by Gasteiger charge is 2.44. The molecule has 1 saturated carbocycles. The lowest BCUT2D eigenvalue weighted by Gasteiger charge is -2.37. The second-order valence-corrected chi connectivity index (χ2v) is 11.9. The molecule has 2 N–H and O–H groups in total. The minimum absolute atomic E-state index is 0. The van der Waals surface area contributed by atoms with Crippen LogP contribution in [0.3, 0.4) is 0 Å². The molecule has 0 aromatic heterocycles. The molecule has 0 radical (unpaired) electrons. The van der Waals surface area contributed by atoms with Gasteiger partial charge in [-0.15, -0.1) is 12.4 Å². The van der Waals surface area contributed by atoms with Gasteiger partial charge in [-0.1, -0.05) is 24.3 Å². The number of nitrogens with one attached hydrogen (secondary N) is 2. The molecule has 0 spiro atoms. The monoisotopic (exact) mass is 690 g/mol. The van der Waals surface area contributed by atoms with Gasteiger partial charge in [0.15, 0.2) is 11.6 Å². The second-order valence-electron chi connectivity index (χ2n) is 11.9. The second kappa shape index (κ2) is 16.4. The van der Waals surface area contributed by atoms with Gasteiger partial charge in [-0.3, -0.25) is 4.90 Å². The molecule has 2 atom stereocenters. The standard InChI is InChI=1S/C34H40F2N4O7.ClH/c1-4-47-31(41)25-8-6-5-7-24(25)20-9-12-23(13-10-20)39-16-15-22(18-39)37-33(43)40-30(21-11-14-26(35)27(36)17-21)29(32(42)46-3)28(19-45-2)38-34(40)44;/h5-8,11,14,17,20,22-23,30H,4,9-10,12-13,15-16,18-19H2,1-3H3,(H,37,43)(H,38,44);1H/t20?,22-,23?,30+;/m1./s1. The van der Waals surface area contributed by atoms with Crippen molar-refractivity contribution in [3.8, 4) is 0 Å². The molecule has 2 heterocycles. The third-order valence-corrected chi connectivity index (χ3v) is 9.16. The van der Waals surface area contributed by atoms with E-state index in [-0.39, 0.29) is 53.8 Å². The van der Waals surface area contributed by atoms with Crippen molar-refractivity contribution in [2.24, 2.45) is 0 Å². The van der Waals surface area contributed by atoms with Crippen LogP contribution in [0.5, 0.6) is 0 Å². The topological polar surface area (TPSA) is 127 Å². The molecule has 1 saturated heterocycles. The summed E-state index contributed by atoms with van der Waals surface area (Å²) >= 11 is 0. The minimum atomic E-state index is -1.40. The van der Waals surface area contributed by atoms with Crippen LogP contribution in [0.1, 0.15) is 72.5 Å². The number of likely N-dealkylation sites (tertiary alicyclic amines) is 1. The lowest BCUT2D eigenvalue weighted by atomic mass is 9.79. The van der Waals surface area contributed by atoms with Gasteiger partial charge in [0.2, 0.25) is 0 Å². The van der Waals surface area contributed by atoms with E-state index >= 15 is 0 Å². The number of amides is 4. The molecule has 0 unspecified atom stereocenters. The number of esters is 2. The Kier molecular flexibility index (Phi) is 12.5. The van der Waals surface area contributed by atoms with E-state index in [4.69, 9.17) is 14.2 Å². The largest absolute Gasteiger partial charge is 0.466 e. The van der Waals surface area contributed by atoms with Crippen molar-refractivity contribution in [3.05, 3.63) is 82.1 Å². The zero-order valence-corrected chi connectivity index (χ0v) is 27.9. The molecule has 11 nitrogen and oxygen atoms in total. The number of rotatable bonds is 9. The lowest BCUT2D eigenvalue weighted by Crippen LogP contribution is -2.56.